The lowest BCUT2D eigenvalue weighted by Crippen LogP contribution is -2.08. The minimum atomic E-state index is -0.273. The van der Waals surface area contributed by atoms with E-state index in [4.69, 9.17) is 10.5 Å². The van der Waals surface area contributed by atoms with Gasteiger partial charge in [-0.3, -0.25) is 4.57 Å². The Hall–Kier alpha value is -1.15. The molecule has 0 aliphatic carbocycles. The largest absolute Gasteiger partial charge is 0.385 e. The van der Waals surface area contributed by atoms with Crippen LogP contribution < -0.4 is 5.73 Å². The van der Waals surface area contributed by atoms with Crippen molar-refractivity contribution in [3.05, 3.63) is 35.9 Å². The van der Waals surface area contributed by atoms with E-state index in [2.05, 4.69) is 10.2 Å². The normalized spacial score (nSPS) is 10.4. The second-order valence-electron chi connectivity index (χ2n) is 4.11. The van der Waals surface area contributed by atoms with E-state index in [1.165, 1.54) is 12.1 Å². The van der Waals surface area contributed by atoms with Crippen LogP contribution in [0.15, 0.2) is 29.4 Å². The molecule has 0 atom stereocenters. The van der Waals surface area contributed by atoms with E-state index in [0.717, 1.165) is 23.0 Å². The summed E-state index contributed by atoms with van der Waals surface area (Å²) in [4.78, 5) is 0. The molecule has 0 saturated carbocycles. The zero-order valence-electron chi connectivity index (χ0n) is 11.7. The fourth-order valence-corrected chi connectivity index (χ4v) is 2.63. The van der Waals surface area contributed by atoms with Crippen molar-refractivity contribution in [2.45, 2.75) is 18.1 Å². The molecule has 1 aromatic heterocycles. The van der Waals surface area contributed by atoms with Gasteiger partial charge < -0.3 is 10.5 Å². The lowest BCUT2D eigenvalue weighted by Gasteiger charge is -2.09. The highest BCUT2D eigenvalue weighted by molar-refractivity contribution is 7.99. The van der Waals surface area contributed by atoms with E-state index >= 15 is 0 Å². The van der Waals surface area contributed by atoms with Crippen molar-refractivity contribution in [1.82, 2.24) is 14.8 Å². The molecule has 0 fully saturated rings. The Morgan fingerprint density at radius 3 is 2.62 bits per heavy atom. The van der Waals surface area contributed by atoms with Crippen LogP contribution in [0.3, 0.4) is 0 Å². The number of nitrogens with two attached hydrogens (primary N) is 1. The summed E-state index contributed by atoms with van der Waals surface area (Å²) in [5.74, 6) is 1.26. The topological polar surface area (TPSA) is 66.0 Å². The molecule has 0 aliphatic rings. The Bertz CT molecular complexity index is 550. The second-order valence-corrected chi connectivity index (χ2v) is 5.17. The number of rotatable bonds is 7. The first-order chi connectivity index (χ1) is 9.76. The van der Waals surface area contributed by atoms with Gasteiger partial charge >= 0.3 is 0 Å². The summed E-state index contributed by atoms with van der Waals surface area (Å²) < 4.78 is 19.9. The summed E-state index contributed by atoms with van der Waals surface area (Å²) in [5, 5.41) is 8.98. The van der Waals surface area contributed by atoms with Gasteiger partial charge in [-0.2, -0.15) is 0 Å². The quantitative estimate of drug-likeness (QED) is 0.623. The number of benzene rings is 1. The summed E-state index contributed by atoms with van der Waals surface area (Å²) in [6, 6.07) is 6.21. The Kier molecular flexibility index (Phi) is 7.66. The van der Waals surface area contributed by atoms with Crippen molar-refractivity contribution in [3.63, 3.8) is 0 Å². The van der Waals surface area contributed by atoms with Gasteiger partial charge in [-0.25, -0.2) is 4.39 Å². The first kappa shape index (κ1) is 17.9. The van der Waals surface area contributed by atoms with Crippen LogP contribution in [0, 0.1) is 5.82 Å². The highest BCUT2D eigenvalue weighted by Gasteiger charge is 2.13. The van der Waals surface area contributed by atoms with E-state index < -0.39 is 0 Å². The van der Waals surface area contributed by atoms with E-state index in [1.807, 2.05) is 4.57 Å². The van der Waals surface area contributed by atoms with Gasteiger partial charge in [0.05, 0.1) is 6.54 Å². The summed E-state index contributed by atoms with van der Waals surface area (Å²) in [5.41, 5.74) is 6.49. The molecule has 1 aromatic carbocycles. The number of thioether (sulfide) groups is 1. The Balaban J connectivity index is 0.00000220. The molecule has 2 N–H and O–H groups in total. The first-order valence-electron chi connectivity index (χ1n) is 6.28. The highest BCUT2D eigenvalue weighted by atomic mass is 35.5. The molecular formula is C13H18ClFN4OS. The first-order valence-corrected chi connectivity index (χ1v) is 7.27. The number of ether oxygens (including phenoxy) is 1. The van der Waals surface area contributed by atoms with Crippen LogP contribution in [0.4, 0.5) is 4.39 Å². The van der Waals surface area contributed by atoms with E-state index in [-0.39, 0.29) is 24.8 Å². The van der Waals surface area contributed by atoms with Crippen molar-refractivity contribution in [2.24, 2.45) is 5.73 Å². The molecule has 0 unspecified atom stereocenters. The lowest BCUT2D eigenvalue weighted by atomic mass is 10.3. The number of halogens is 2. The average molecular weight is 333 g/mol. The van der Waals surface area contributed by atoms with Crippen molar-refractivity contribution >= 4 is 24.2 Å². The fraction of sp³-hybridized carbons (Fsp3) is 0.385. The Morgan fingerprint density at radius 1 is 1.29 bits per heavy atom. The van der Waals surface area contributed by atoms with Crippen molar-refractivity contribution in [2.75, 3.05) is 19.5 Å². The number of hydrogen-bond acceptors (Lipinski definition) is 5. The predicted molar refractivity (Wildman–Crippen MR) is 83.7 cm³/mol. The molecule has 116 valence electrons. The van der Waals surface area contributed by atoms with Gasteiger partial charge in [-0.15, -0.1) is 22.6 Å². The predicted octanol–water partition coefficient (Wildman–Crippen LogP) is 2.42. The van der Waals surface area contributed by atoms with Gasteiger partial charge in [0, 0.05) is 25.2 Å². The summed E-state index contributed by atoms with van der Waals surface area (Å²) >= 11 is 1.58. The van der Waals surface area contributed by atoms with E-state index in [0.29, 0.717) is 12.4 Å². The molecule has 0 amide bonds. The van der Waals surface area contributed by atoms with Crippen LogP contribution in [0.2, 0.25) is 0 Å². The SMILES string of the molecule is COCCCSc1nnc(CN)n1-c1ccc(F)cc1.Cl. The fourth-order valence-electron chi connectivity index (χ4n) is 1.74. The minimum Gasteiger partial charge on any atom is -0.385 e. The standard InChI is InChI=1S/C13H17FN4OS.ClH/c1-19-7-2-8-20-13-17-16-12(9-15)18(13)11-5-3-10(14)4-6-11;/h3-6H,2,7-9,15H2,1H3;1H. The molecule has 21 heavy (non-hydrogen) atoms. The molecule has 0 aliphatic heterocycles. The third kappa shape index (κ3) is 4.67. The molecule has 0 saturated heterocycles. The minimum absolute atomic E-state index is 0. The smallest absolute Gasteiger partial charge is 0.195 e. The van der Waals surface area contributed by atoms with Gasteiger partial charge in [0.25, 0.3) is 0 Å². The second kappa shape index (κ2) is 8.99. The highest BCUT2D eigenvalue weighted by Crippen LogP contribution is 2.22. The molecule has 2 rings (SSSR count). The maximum Gasteiger partial charge on any atom is 0.195 e. The molecule has 0 radical (unpaired) electrons. The van der Waals surface area contributed by atoms with Gasteiger partial charge in [-0.1, -0.05) is 11.8 Å². The monoisotopic (exact) mass is 332 g/mol. The Labute approximate surface area is 133 Å². The maximum atomic E-state index is 13.0. The van der Waals surface area contributed by atoms with Crippen molar-refractivity contribution < 1.29 is 9.13 Å². The van der Waals surface area contributed by atoms with E-state index in [9.17, 15) is 4.39 Å². The lowest BCUT2D eigenvalue weighted by molar-refractivity contribution is 0.200. The third-order valence-corrected chi connectivity index (χ3v) is 3.71. The molecule has 2 aromatic rings. The van der Waals surface area contributed by atoms with Crippen LogP contribution in [-0.4, -0.2) is 34.2 Å². The Morgan fingerprint density at radius 2 is 2.00 bits per heavy atom. The molecular weight excluding hydrogens is 315 g/mol. The van der Waals surface area contributed by atoms with Crippen LogP contribution >= 0.6 is 24.2 Å². The van der Waals surface area contributed by atoms with Crippen LogP contribution in [0.1, 0.15) is 12.2 Å². The average Bonchev–Trinajstić information content (AvgIpc) is 2.87. The molecule has 8 heteroatoms. The van der Waals surface area contributed by atoms with E-state index in [1.54, 1.807) is 31.0 Å². The zero-order valence-corrected chi connectivity index (χ0v) is 13.3. The number of methoxy groups -OCH3 is 1. The van der Waals surface area contributed by atoms with Crippen LogP contribution in [0.5, 0.6) is 0 Å². The van der Waals surface area contributed by atoms with Gasteiger partial charge in [0.1, 0.15) is 5.82 Å². The van der Waals surface area contributed by atoms with Crippen LogP contribution in [-0.2, 0) is 11.3 Å². The van der Waals surface area contributed by atoms with Crippen molar-refractivity contribution in [1.29, 1.82) is 0 Å². The molecule has 0 spiro atoms. The summed E-state index contributed by atoms with van der Waals surface area (Å²) in [6.45, 7) is 0.991. The zero-order chi connectivity index (χ0) is 14.4. The van der Waals surface area contributed by atoms with Gasteiger partial charge in [0.2, 0.25) is 0 Å². The summed E-state index contributed by atoms with van der Waals surface area (Å²) in [6.07, 6.45) is 0.926. The number of nitrogens with zero attached hydrogens (tertiary/aromatic N) is 3. The van der Waals surface area contributed by atoms with Crippen molar-refractivity contribution in [3.8, 4) is 5.69 Å². The summed E-state index contributed by atoms with van der Waals surface area (Å²) in [7, 11) is 1.68. The van der Waals surface area contributed by atoms with Gasteiger partial charge in [0.15, 0.2) is 11.0 Å². The maximum absolute atomic E-state index is 13.0. The third-order valence-electron chi connectivity index (χ3n) is 2.69. The number of aromatic nitrogens is 3. The van der Waals surface area contributed by atoms with Crippen LogP contribution in [0.25, 0.3) is 5.69 Å². The molecule has 1 heterocycles. The number of hydrogen-bond donors (Lipinski definition) is 1. The molecule has 0 bridgehead atoms. The molecule has 5 nitrogen and oxygen atoms in total. The van der Waals surface area contributed by atoms with Gasteiger partial charge in [-0.05, 0) is 30.7 Å².